The van der Waals surface area contributed by atoms with Crippen LogP contribution in [0.5, 0.6) is 5.75 Å². The molecule has 4 rings (SSSR count). The normalized spacial score (nSPS) is 18.8. The standard InChI is InChI=1S/C20H23N3O2/c1-13-4-5-18-16(10-13)17(24)12-20(25-18)6-8-23(9-7-20)19-21-14(2)11-15(3)22-19/h4-5,10-11H,6-9,12H2,1-3H3. The summed E-state index contributed by atoms with van der Waals surface area (Å²) >= 11 is 0. The Labute approximate surface area is 148 Å². The van der Waals surface area contributed by atoms with Crippen molar-refractivity contribution in [3.63, 3.8) is 0 Å². The van der Waals surface area contributed by atoms with E-state index in [1.54, 1.807) is 0 Å². The topological polar surface area (TPSA) is 55.3 Å². The van der Waals surface area contributed by atoms with Gasteiger partial charge in [0, 0.05) is 37.3 Å². The average Bonchev–Trinajstić information content (AvgIpc) is 2.55. The number of anilines is 1. The molecule has 0 bridgehead atoms. The van der Waals surface area contributed by atoms with E-state index < -0.39 is 0 Å². The number of aromatic nitrogens is 2. The van der Waals surface area contributed by atoms with Crippen LogP contribution in [0.4, 0.5) is 5.95 Å². The summed E-state index contributed by atoms with van der Waals surface area (Å²) in [6, 6.07) is 7.85. The first kappa shape index (κ1) is 16.1. The van der Waals surface area contributed by atoms with E-state index >= 15 is 0 Å². The highest BCUT2D eigenvalue weighted by molar-refractivity contribution is 6.00. The second-order valence-corrected chi connectivity index (χ2v) is 7.32. The van der Waals surface area contributed by atoms with Gasteiger partial charge in [0.2, 0.25) is 5.95 Å². The van der Waals surface area contributed by atoms with Gasteiger partial charge in [0.25, 0.3) is 0 Å². The van der Waals surface area contributed by atoms with Crippen molar-refractivity contribution in [2.75, 3.05) is 18.0 Å². The molecule has 0 amide bonds. The van der Waals surface area contributed by atoms with Gasteiger partial charge in [0.05, 0.1) is 12.0 Å². The van der Waals surface area contributed by atoms with E-state index in [1.165, 1.54) is 0 Å². The fraction of sp³-hybridized carbons (Fsp3) is 0.450. The summed E-state index contributed by atoms with van der Waals surface area (Å²) in [5.41, 5.74) is 3.40. The van der Waals surface area contributed by atoms with Crippen LogP contribution in [0.1, 0.15) is 46.6 Å². The highest BCUT2D eigenvalue weighted by atomic mass is 16.5. The average molecular weight is 337 g/mol. The number of carbonyl (C=O) groups excluding carboxylic acids is 1. The number of hydrogen-bond acceptors (Lipinski definition) is 5. The van der Waals surface area contributed by atoms with Gasteiger partial charge in [-0.05, 0) is 39.0 Å². The van der Waals surface area contributed by atoms with E-state index in [4.69, 9.17) is 4.74 Å². The Balaban J connectivity index is 1.53. The number of ketones is 1. The fourth-order valence-corrected chi connectivity index (χ4v) is 3.85. The van der Waals surface area contributed by atoms with Crippen LogP contribution in [0.3, 0.4) is 0 Å². The summed E-state index contributed by atoms with van der Waals surface area (Å²) in [5.74, 6) is 1.71. The molecule has 0 unspecified atom stereocenters. The predicted molar refractivity (Wildman–Crippen MR) is 96.4 cm³/mol. The van der Waals surface area contributed by atoms with Gasteiger partial charge in [0.15, 0.2) is 5.78 Å². The molecule has 0 aliphatic carbocycles. The van der Waals surface area contributed by atoms with Crippen LogP contribution in [0.15, 0.2) is 24.3 Å². The van der Waals surface area contributed by atoms with E-state index in [0.717, 1.165) is 60.1 Å². The molecule has 130 valence electrons. The highest BCUT2D eigenvalue weighted by Gasteiger charge is 2.43. The maximum Gasteiger partial charge on any atom is 0.225 e. The molecule has 3 heterocycles. The number of rotatable bonds is 1. The van der Waals surface area contributed by atoms with E-state index in [-0.39, 0.29) is 11.4 Å². The van der Waals surface area contributed by atoms with Crippen molar-refractivity contribution in [2.45, 2.75) is 45.6 Å². The molecular weight excluding hydrogens is 314 g/mol. The summed E-state index contributed by atoms with van der Waals surface area (Å²) in [7, 11) is 0. The zero-order valence-electron chi connectivity index (χ0n) is 15.0. The first-order valence-electron chi connectivity index (χ1n) is 8.84. The summed E-state index contributed by atoms with van der Waals surface area (Å²) in [6.45, 7) is 7.59. The zero-order chi connectivity index (χ0) is 17.6. The molecule has 2 aromatic rings. The van der Waals surface area contributed by atoms with E-state index in [9.17, 15) is 4.79 Å². The van der Waals surface area contributed by atoms with Crippen LogP contribution >= 0.6 is 0 Å². The summed E-state index contributed by atoms with van der Waals surface area (Å²) in [6.07, 6.45) is 2.08. The molecule has 2 aliphatic rings. The van der Waals surface area contributed by atoms with Gasteiger partial charge in [-0.2, -0.15) is 0 Å². The molecule has 1 aromatic carbocycles. The van der Waals surface area contributed by atoms with Crippen LogP contribution in [-0.4, -0.2) is 34.4 Å². The van der Waals surface area contributed by atoms with E-state index in [1.807, 2.05) is 45.0 Å². The van der Waals surface area contributed by atoms with Crippen LogP contribution in [0, 0.1) is 20.8 Å². The van der Waals surface area contributed by atoms with Crippen molar-refractivity contribution in [1.29, 1.82) is 0 Å². The van der Waals surface area contributed by atoms with E-state index in [0.29, 0.717) is 6.42 Å². The van der Waals surface area contributed by atoms with Gasteiger partial charge < -0.3 is 9.64 Å². The molecule has 5 nitrogen and oxygen atoms in total. The Hall–Kier alpha value is -2.43. The SMILES string of the molecule is Cc1ccc2c(c1)C(=O)CC1(CCN(c3nc(C)cc(C)n3)CC1)O2. The maximum absolute atomic E-state index is 12.6. The first-order valence-corrected chi connectivity index (χ1v) is 8.84. The third-order valence-corrected chi connectivity index (χ3v) is 5.17. The van der Waals surface area contributed by atoms with Gasteiger partial charge >= 0.3 is 0 Å². The van der Waals surface area contributed by atoms with Crippen LogP contribution < -0.4 is 9.64 Å². The number of piperidine rings is 1. The monoisotopic (exact) mass is 337 g/mol. The number of Topliss-reactive ketones (excluding diaryl/α,β-unsaturated/α-hetero) is 1. The molecule has 2 aliphatic heterocycles. The zero-order valence-corrected chi connectivity index (χ0v) is 15.0. The molecular formula is C20H23N3O2. The lowest BCUT2D eigenvalue weighted by atomic mass is 9.82. The molecule has 1 saturated heterocycles. The number of fused-ring (bicyclic) bond motifs is 1. The minimum Gasteiger partial charge on any atom is -0.486 e. The molecule has 0 saturated carbocycles. The lowest BCUT2D eigenvalue weighted by molar-refractivity contribution is 0.0230. The molecule has 0 atom stereocenters. The van der Waals surface area contributed by atoms with Gasteiger partial charge in [-0.25, -0.2) is 9.97 Å². The Bertz CT molecular complexity index is 819. The first-order chi connectivity index (χ1) is 11.9. The Morgan fingerprint density at radius 2 is 1.72 bits per heavy atom. The molecule has 1 aromatic heterocycles. The third kappa shape index (κ3) is 2.99. The summed E-state index contributed by atoms with van der Waals surface area (Å²) < 4.78 is 6.33. The minimum atomic E-state index is -0.380. The second kappa shape index (κ2) is 5.83. The minimum absolute atomic E-state index is 0.195. The number of aryl methyl sites for hydroxylation is 3. The Morgan fingerprint density at radius 3 is 2.40 bits per heavy atom. The van der Waals surface area contributed by atoms with Crippen LogP contribution in [0.2, 0.25) is 0 Å². The van der Waals surface area contributed by atoms with E-state index in [2.05, 4.69) is 14.9 Å². The largest absolute Gasteiger partial charge is 0.486 e. The highest BCUT2D eigenvalue weighted by Crippen LogP contribution is 2.40. The van der Waals surface area contributed by atoms with Gasteiger partial charge in [0.1, 0.15) is 11.4 Å². The quantitative estimate of drug-likeness (QED) is 0.798. The molecule has 0 radical (unpaired) electrons. The molecule has 25 heavy (non-hydrogen) atoms. The molecule has 0 N–H and O–H groups in total. The summed E-state index contributed by atoms with van der Waals surface area (Å²) in [4.78, 5) is 23.9. The number of ether oxygens (including phenoxy) is 1. The molecule has 5 heteroatoms. The second-order valence-electron chi connectivity index (χ2n) is 7.32. The lowest BCUT2D eigenvalue weighted by Crippen LogP contribution is -2.51. The van der Waals surface area contributed by atoms with Gasteiger partial charge in [-0.1, -0.05) is 11.6 Å². The number of benzene rings is 1. The van der Waals surface area contributed by atoms with Gasteiger partial charge in [-0.3, -0.25) is 4.79 Å². The smallest absolute Gasteiger partial charge is 0.225 e. The van der Waals surface area contributed by atoms with Gasteiger partial charge in [-0.15, -0.1) is 0 Å². The molecule has 1 fully saturated rings. The number of hydrogen-bond donors (Lipinski definition) is 0. The van der Waals surface area contributed by atoms with Crippen molar-refractivity contribution in [1.82, 2.24) is 9.97 Å². The number of nitrogens with zero attached hydrogens (tertiary/aromatic N) is 3. The van der Waals surface area contributed by atoms with Crippen LogP contribution in [-0.2, 0) is 0 Å². The fourth-order valence-electron chi connectivity index (χ4n) is 3.85. The van der Waals surface area contributed by atoms with Crippen molar-refractivity contribution >= 4 is 11.7 Å². The third-order valence-electron chi connectivity index (χ3n) is 5.17. The molecule has 1 spiro atoms. The number of carbonyl (C=O) groups is 1. The van der Waals surface area contributed by atoms with Crippen LogP contribution in [0.25, 0.3) is 0 Å². The van der Waals surface area contributed by atoms with Crippen molar-refractivity contribution in [3.8, 4) is 5.75 Å². The predicted octanol–water partition coefficient (Wildman–Crippen LogP) is 3.41. The lowest BCUT2D eigenvalue weighted by Gasteiger charge is -2.44. The van der Waals surface area contributed by atoms with Crippen molar-refractivity contribution < 1.29 is 9.53 Å². The Kier molecular flexibility index (Phi) is 3.74. The Morgan fingerprint density at radius 1 is 1.04 bits per heavy atom. The van der Waals surface area contributed by atoms with Crippen molar-refractivity contribution in [2.24, 2.45) is 0 Å². The maximum atomic E-state index is 12.6. The summed E-state index contributed by atoms with van der Waals surface area (Å²) in [5, 5.41) is 0. The van der Waals surface area contributed by atoms with Crippen molar-refractivity contribution in [3.05, 3.63) is 46.8 Å².